The van der Waals surface area contributed by atoms with Gasteiger partial charge in [0.05, 0.1) is 11.4 Å². The lowest BCUT2D eigenvalue weighted by atomic mass is 10.2. The smallest absolute Gasteiger partial charge is 0.342 e. The molecule has 0 aliphatic rings. The van der Waals surface area contributed by atoms with E-state index in [0.29, 0.717) is 15.9 Å². The Morgan fingerprint density at radius 1 is 1.25 bits per heavy atom. The highest BCUT2D eigenvalue weighted by Crippen LogP contribution is 2.23. The molecule has 0 atom stereocenters. The van der Waals surface area contributed by atoms with Crippen LogP contribution in [0.15, 0.2) is 34.8 Å². The molecule has 0 fully saturated rings. The van der Waals surface area contributed by atoms with E-state index < -0.39 is 12.6 Å². The summed E-state index contributed by atoms with van der Waals surface area (Å²) >= 11 is 4.42. The summed E-state index contributed by atoms with van der Waals surface area (Å²) in [7, 11) is 0. The SMILES string of the molecule is CC(=O)NCc1ccc(C(=O)COC(=O)c2cc(Br)ccc2O)s1. The first kappa shape index (κ1) is 18.2. The number of halogens is 1. The number of thiophene rings is 1. The molecule has 126 valence electrons. The predicted octanol–water partition coefficient (Wildman–Crippen LogP) is 2.89. The van der Waals surface area contributed by atoms with Crippen LogP contribution in [-0.2, 0) is 16.1 Å². The number of hydrogen-bond donors (Lipinski definition) is 2. The minimum atomic E-state index is -0.780. The predicted molar refractivity (Wildman–Crippen MR) is 92.3 cm³/mol. The van der Waals surface area contributed by atoms with E-state index in [0.717, 1.165) is 4.88 Å². The second kappa shape index (κ2) is 8.07. The molecular formula is C16H14BrNO5S. The maximum absolute atomic E-state index is 12.1. The Morgan fingerprint density at radius 2 is 2.00 bits per heavy atom. The van der Waals surface area contributed by atoms with E-state index >= 15 is 0 Å². The Hall–Kier alpha value is -2.19. The van der Waals surface area contributed by atoms with Gasteiger partial charge in [0.2, 0.25) is 11.7 Å². The molecule has 0 saturated carbocycles. The van der Waals surface area contributed by atoms with Crippen LogP contribution < -0.4 is 5.32 Å². The van der Waals surface area contributed by atoms with Crippen LogP contribution in [0.2, 0.25) is 0 Å². The third-order valence-electron chi connectivity index (χ3n) is 2.96. The van der Waals surface area contributed by atoms with E-state index in [4.69, 9.17) is 4.74 Å². The number of benzene rings is 1. The molecular weight excluding hydrogens is 398 g/mol. The van der Waals surface area contributed by atoms with Gasteiger partial charge in [-0.15, -0.1) is 11.3 Å². The Morgan fingerprint density at radius 3 is 2.71 bits per heavy atom. The molecule has 1 amide bonds. The Labute approximate surface area is 150 Å². The van der Waals surface area contributed by atoms with Gasteiger partial charge in [-0.1, -0.05) is 15.9 Å². The highest BCUT2D eigenvalue weighted by Gasteiger charge is 2.16. The van der Waals surface area contributed by atoms with Crippen molar-refractivity contribution in [2.45, 2.75) is 13.5 Å². The maximum Gasteiger partial charge on any atom is 0.342 e. The molecule has 0 unspecified atom stereocenters. The lowest BCUT2D eigenvalue weighted by molar-refractivity contribution is -0.119. The Balaban J connectivity index is 1.94. The molecule has 0 saturated heterocycles. The van der Waals surface area contributed by atoms with Gasteiger partial charge >= 0.3 is 5.97 Å². The van der Waals surface area contributed by atoms with Gasteiger partial charge in [0.25, 0.3) is 0 Å². The lowest BCUT2D eigenvalue weighted by Gasteiger charge is -2.05. The number of ketones is 1. The zero-order valence-electron chi connectivity index (χ0n) is 12.7. The first-order valence-corrected chi connectivity index (χ1v) is 8.49. The fraction of sp³-hybridized carbons (Fsp3) is 0.188. The van der Waals surface area contributed by atoms with E-state index in [1.807, 2.05) is 0 Å². The van der Waals surface area contributed by atoms with Gasteiger partial charge in [0, 0.05) is 16.3 Å². The summed E-state index contributed by atoms with van der Waals surface area (Å²) in [5, 5.41) is 12.3. The molecule has 0 spiro atoms. The number of carbonyl (C=O) groups excluding carboxylic acids is 3. The summed E-state index contributed by atoms with van der Waals surface area (Å²) < 4.78 is 5.57. The number of carbonyl (C=O) groups is 3. The summed E-state index contributed by atoms with van der Waals surface area (Å²) in [5.74, 6) is -1.50. The monoisotopic (exact) mass is 411 g/mol. The van der Waals surface area contributed by atoms with Crippen molar-refractivity contribution in [3.8, 4) is 5.75 Å². The molecule has 2 N–H and O–H groups in total. The molecule has 2 aromatic rings. The number of hydrogen-bond acceptors (Lipinski definition) is 6. The minimum absolute atomic E-state index is 0.0188. The standard InChI is InChI=1S/C16H14BrNO5S/c1-9(19)18-7-11-3-5-15(24-11)14(21)8-23-16(22)12-6-10(17)2-4-13(12)20/h2-6,20H,7-8H2,1H3,(H,18,19). The normalized spacial score (nSPS) is 10.2. The van der Waals surface area contributed by atoms with Crippen molar-refractivity contribution in [3.63, 3.8) is 0 Å². The van der Waals surface area contributed by atoms with Crippen LogP contribution in [0, 0.1) is 0 Å². The van der Waals surface area contributed by atoms with Crippen LogP contribution in [0.3, 0.4) is 0 Å². The van der Waals surface area contributed by atoms with Gasteiger partial charge in [-0.2, -0.15) is 0 Å². The van der Waals surface area contributed by atoms with Crippen LogP contribution in [0.4, 0.5) is 0 Å². The molecule has 8 heteroatoms. The number of esters is 1. The van der Waals surface area contributed by atoms with Crippen LogP contribution >= 0.6 is 27.3 Å². The molecule has 2 rings (SSSR count). The maximum atomic E-state index is 12.1. The number of rotatable bonds is 6. The zero-order valence-corrected chi connectivity index (χ0v) is 15.1. The van der Waals surface area contributed by atoms with E-state index in [1.54, 1.807) is 18.2 Å². The van der Waals surface area contributed by atoms with E-state index in [9.17, 15) is 19.5 Å². The van der Waals surface area contributed by atoms with Crippen LogP contribution in [-0.4, -0.2) is 29.4 Å². The lowest BCUT2D eigenvalue weighted by Crippen LogP contribution is -2.18. The van der Waals surface area contributed by atoms with Crippen molar-refractivity contribution in [1.29, 1.82) is 0 Å². The third-order valence-corrected chi connectivity index (χ3v) is 4.58. The van der Waals surface area contributed by atoms with Crippen molar-refractivity contribution >= 4 is 44.9 Å². The molecule has 0 aliphatic carbocycles. The summed E-state index contributed by atoms with van der Waals surface area (Å²) in [4.78, 5) is 36.1. The average Bonchev–Trinajstić information content (AvgIpc) is 3.01. The number of amides is 1. The van der Waals surface area contributed by atoms with Crippen LogP contribution in [0.25, 0.3) is 0 Å². The molecule has 1 aromatic carbocycles. The third kappa shape index (κ3) is 4.90. The van der Waals surface area contributed by atoms with Gasteiger partial charge in [-0.05, 0) is 30.3 Å². The molecule has 1 heterocycles. The van der Waals surface area contributed by atoms with Crippen molar-refractivity contribution in [2.75, 3.05) is 6.61 Å². The second-order valence-electron chi connectivity index (χ2n) is 4.84. The minimum Gasteiger partial charge on any atom is -0.507 e. The van der Waals surface area contributed by atoms with E-state index in [1.165, 1.54) is 30.4 Å². The second-order valence-corrected chi connectivity index (χ2v) is 6.92. The average molecular weight is 412 g/mol. The molecule has 1 aromatic heterocycles. The fourth-order valence-electron chi connectivity index (χ4n) is 1.79. The first-order chi connectivity index (χ1) is 11.4. The number of nitrogens with one attached hydrogen (secondary N) is 1. The molecule has 6 nitrogen and oxygen atoms in total. The van der Waals surface area contributed by atoms with Gasteiger partial charge in [0.1, 0.15) is 11.3 Å². The molecule has 0 aliphatic heterocycles. The van der Waals surface area contributed by atoms with Gasteiger partial charge in [0.15, 0.2) is 6.61 Å². The van der Waals surface area contributed by atoms with Gasteiger partial charge < -0.3 is 15.2 Å². The van der Waals surface area contributed by atoms with Crippen molar-refractivity contribution in [3.05, 3.63) is 50.1 Å². The Bertz CT molecular complexity index is 787. The molecule has 0 bridgehead atoms. The summed E-state index contributed by atoms with van der Waals surface area (Å²) in [6, 6.07) is 7.71. The number of phenolic OH excluding ortho intramolecular Hbond substituents is 1. The number of phenols is 1. The Kier molecular flexibility index (Phi) is 6.10. The largest absolute Gasteiger partial charge is 0.507 e. The van der Waals surface area contributed by atoms with Crippen molar-refractivity contribution < 1.29 is 24.2 Å². The topological polar surface area (TPSA) is 92.7 Å². The number of ether oxygens (including phenoxy) is 1. The highest BCUT2D eigenvalue weighted by molar-refractivity contribution is 9.10. The zero-order chi connectivity index (χ0) is 17.7. The number of aromatic hydroxyl groups is 1. The van der Waals surface area contributed by atoms with Crippen molar-refractivity contribution in [2.24, 2.45) is 0 Å². The molecule has 0 radical (unpaired) electrons. The first-order valence-electron chi connectivity index (χ1n) is 6.89. The quantitative estimate of drug-likeness (QED) is 0.562. The number of Topliss-reactive ketones (excluding diaryl/α,β-unsaturated/α-hetero) is 1. The summed E-state index contributed by atoms with van der Waals surface area (Å²) in [6.45, 7) is 1.33. The van der Waals surface area contributed by atoms with Crippen molar-refractivity contribution in [1.82, 2.24) is 5.32 Å². The fourth-order valence-corrected chi connectivity index (χ4v) is 3.02. The summed E-state index contributed by atoms with van der Waals surface area (Å²) in [5.41, 5.74) is -0.0188. The van der Waals surface area contributed by atoms with Crippen LogP contribution in [0.1, 0.15) is 31.8 Å². The summed E-state index contributed by atoms with van der Waals surface area (Å²) in [6.07, 6.45) is 0. The van der Waals surface area contributed by atoms with Crippen LogP contribution in [0.5, 0.6) is 5.75 Å². The highest BCUT2D eigenvalue weighted by atomic mass is 79.9. The van der Waals surface area contributed by atoms with Gasteiger partial charge in [-0.3, -0.25) is 9.59 Å². The molecule has 24 heavy (non-hydrogen) atoms. The van der Waals surface area contributed by atoms with E-state index in [-0.39, 0.29) is 23.0 Å². The van der Waals surface area contributed by atoms with E-state index in [2.05, 4.69) is 21.2 Å². The van der Waals surface area contributed by atoms with Gasteiger partial charge in [-0.25, -0.2) is 4.79 Å².